The Balaban J connectivity index is 2.10. The van der Waals surface area contributed by atoms with Crippen molar-refractivity contribution in [3.63, 3.8) is 0 Å². The Bertz CT molecular complexity index is 346. The highest BCUT2D eigenvalue weighted by Crippen LogP contribution is 2.24. The molecular formula is C13H18N2. The molecule has 0 radical (unpaired) electrons. The van der Waals surface area contributed by atoms with E-state index in [4.69, 9.17) is 0 Å². The summed E-state index contributed by atoms with van der Waals surface area (Å²) < 4.78 is 0. The molecule has 15 heavy (non-hydrogen) atoms. The van der Waals surface area contributed by atoms with Crippen LogP contribution in [0.2, 0.25) is 0 Å². The molecule has 2 heteroatoms. The van der Waals surface area contributed by atoms with Gasteiger partial charge in [0.25, 0.3) is 0 Å². The van der Waals surface area contributed by atoms with Crippen LogP contribution in [0.3, 0.4) is 0 Å². The molecular weight excluding hydrogens is 184 g/mol. The first-order valence-electron chi connectivity index (χ1n) is 5.45. The largest absolute Gasteiger partial charge is 0.313 e. The number of benzene rings is 1. The van der Waals surface area contributed by atoms with E-state index in [1.165, 1.54) is 16.8 Å². The Hall–Kier alpha value is -1.28. The van der Waals surface area contributed by atoms with Crippen molar-refractivity contribution in [2.24, 2.45) is 0 Å². The molecule has 0 N–H and O–H groups in total. The van der Waals surface area contributed by atoms with Crippen LogP contribution in [-0.2, 0) is 13.1 Å². The van der Waals surface area contributed by atoms with Gasteiger partial charge in [0.15, 0.2) is 0 Å². The van der Waals surface area contributed by atoms with E-state index in [1.807, 2.05) is 0 Å². The minimum Gasteiger partial charge on any atom is -0.313 e. The second-order valence-corrected chi connectivity index (χ2v) is 4.03. The lowest BCUT2D eigenvalue weighted by molar-refractivity contribution is 0.0268. The fourth-order valence-electron chi connectivity index (χ4n) is 1.96. The van der Waals surface area contributed by atoms with Crippen molar-refractivity contribution in [3.05, 3.63) is 47.7 Å². The zero-order chi connectivity index (χ0) is 10.8. The smallest absolute Gasteiger partial charge is 0.0438 e. The molecule has 80 valence electrons. The highest BCUT2D eigenvalue weighted by Gasteiger charge is 2.21. The molecule has 2 rings (SSSR count). The summed E-state index contributed by atoms with van der Waals surface area (Å²) in [4.78, 5) is 0. The zero-order valence-electron chi connectivity index (χ0n) is 9.53. The SMILES string of the molecule is C=C(CC)N(C)N1Cc2ccccc2C1. The number of nitrogens with zero attached hydrogens (tertiary/aromatic N) is 2. The molecule has 1 aliphatic rings. The first kappa shape index (κ1) is 10.2. The molecule has 0 saturated carbocycles. The van der Waals surface area contributed by atoms with Crippen LogP contribution < -0.4 is 0 Å². The van der Waals surface area contributed by atoms with Gasteiger partial charge in [-0.05, 0) is 17.5 Å². The van der Waals surface area contributed by atoms with E-state index in [1.54, 1.807) is 0 Å². The maximum atomic E-state index is 4.06. The molecule has 2 nitrogen and oxygen atoms in total. The quantitative estimate of drug-likeness (QED) is 0.743. The van der Waals surface area contributed by atoms with Crippen LogP contribution in [-0.4, -0.2) is 17.1 Å². The van der Waals surface area contributed by atoms with E-state index >= 15 is 0 Å². The molecule has 0 atom stereocenters. The van der Waals surface area contributed by atoms with Crippen LogP contribution in [0.4, 0.5) is 0 Å². The summed E-state index contributed by atoms with van der Waals surface area (Å²) in [6.45, 7) is 8.22. The van der Waals surface area contributed by atoms with Crippen LogP contribution in [0.1, 0.15) is 24.5 Å². The van der Waals surface area contributed by atoms with Gasteiger partial charge in [0, 0.05) is 25.8 Å². The van der Waals surface area contributed by atoms with Crippen LogP contribution in [0.15, 0.2) is 36.5 Å². The Morgan fingerprint density at radius 3 is 2.33 bits per heavy atom. The third-order valence-electron chi connectivity index (χ3n) is 3.11. The lowest BCUT2D eigenvalue weighted by Crippen LogP contribution is -2.34. The Labute approximate surface area is 91.8 Å². The number of hydrazine groups is 1. The average Bonchev–Trinajstić information content (AvgIpc) is 2.70. The van der Waals surface area contributed by atoms with Gasteiger partial charge in [-0.1, -0.05) is 37.8 Å². The third-order valence-corrected chi connectivity index (χ3v) is 3.11. The van der Waals surface area contributed by atoms with E-state index in [0.717, 1.165) is 19.5 Å². The van der Waals surface area contributed by atoms with Gasteiger partial charge in [0.05, 0.1) is 0 Å². The molecule has 0 unspecified atom stereocenters. The maximum absolute atomic E-state index is 4.06. The van der Waals surface area contributed by atoms with Crippen molar-refractivity contribution in [1.29, 1.82) is 0 Å². The van der Waals surface area contributed by atoms with E-state index in [0.29, 0.717) is 0 Å². The molecule has 0 aliphatic carbocycles. The monoisotopic (exact) mass is 202 g/mol. The molecule has 0 saturated heterocycles. The summed E-state index contributed by atoms with van der Waals surface area (Å²) in [6, 6.07) is 8.63. The summed E-state index contributed by atoms with van der Waals surface area (Å²) >= 11 is 0. The van der Waals surface area contributed by atoms with Crippen molar-refractivity contribution >= 4 is 0 Å². The van der Waals surface area contributed by atoms with E-state index in [2.05, 4.69) is 54.8 Å². The van der Waals surface area contributed by atoms with Gasteiger partial charge >= 0.3 is 0 Å². The number of fused-ring (bicyclic) bond motifs is 1. The first-order chi connectivity index (χ1) is 7.22. The third kappa shape index (κ3) is 1.90. The van der Waals surface area contributed by atoms with Gasteiger partial charge in [-0.25, -0.2) is 5.01 Å². The fraction of sp³-hybridized carbons (Fsp3) is 0.385. The minimum atomic E-state index is 1.00. The normalized spacial score (nSPS) is 15.1. The molecule has 0 amide bonds. The van der Waals surface area contributed by atoms with Crippen molar-refractivity contribution in [3.8, 4) is 0 Å². The van der Waals surface area contributed by atoms with E-state index < -0.39 is 0 Å². The first-order valence-corrected chi connectivity index (χ1v) is 5.45. The second-order valence-electron chi connectivity index (χ2n) is 4.03. The van der Waals surface area contributed by atoms with Crippen LogP contribution >= 0.6 is 0 Å². The van der Waals surface area contributed by atoms with Gasteiger partial charge in [-0.3, -0.25) is 0 Å². The lowest BCUT2D eigenvalue weighted by Gasteiger charge is -2.30. The molecule has 1 heterocycles. The molecule has 0 bridgehead atoms. The van der Waals surface area contributed by atoms with Crippen LogP contribution in [0.5, 0.6) is 0 Å². The predicted molar refractivity (Wildman–Crippen MR) is 62.9 cm³/mol. The highest BCUT2D eigenvalue weighted by atomic mass is 15.6. The van der Waals surface area contributed by atoms with Crippen LogP contribution in [0, 0.1) is 0 Å². The van der Waals surface area contributed by atoms with Gasteiger partial charge in [-0.2, -0.15) is 0 Å². The van der Waals surface area contributed by atoms with Gasteiger partial charge in [0.1, 0.15) is 0 Å². The summed E-state index contributed by atoms with van der Waals surface area (Å²) in [6.07, 6.45) is 1.00. The van der Waals surface area contributed by atoms with Crippen molar-refractivity contribution < 1.29 is 0 Å². The minimum absolute atomic E-state index is 1.00. The molecule has 0 spiro atoms. The number of rotatable bonds is 3. The molecule has 1 aliphatic heterocycles. The summed E-state index contributed by atoms with van der Waals surface area (Å²) in [5.41, 5.74) is 4.05. The fourth-order valence-corrected chi connectivity index (χ4v) is 1.96. The Kier molecular flexibility index (Phi) is 2.78. The zero-order valence-corrected chi connectivity index (χ0v) is 9.53. The molecule has 1 aromatic rings. The standard InChI is InChI=1S/C13H18N2/c1-4-11(2)14(3)15-9-12-7-5-6-8-13(12)10-15/h5-8H,2,4,9-10H2,1,3H3. The van der Waals surface area contributed by atoms with Crippen molar-refractivity contribution in [1.82, 2.24) is 10.0 Å². The summed E-state index contributed by atoms with van der Waals surface area (Å²) in [5, 5.41) is 4.51. The maximum Gasteiger partial charge on any atom is 0.0438 e. The highest BCUT2D eigenvalue weighted by molar-refractivity contribution is 5.30. The Morgan fingerprint density at radius 1 is 1.33 bits per heavy atom. The van der Waals surface area contributed by atoms with E-state index in [9.17, 15) is 0 Å². The van der Waals surface area contributed by atoms with Crippen molar-refractivity contribution in [2.45, 2.75) is 26.4 Å². The number of allylic oxidation sites excluding steroid dienone is 1. The molecule has 0 fully saturated rings. The number of hydrogen-bond acceptors (Lipinski definition) is 2. The second kappa shape index (κ2) is 4.07. The average molecular weight is 202 g/mol. The lowest BCUT2D eigenvalue weighted by atomic mass is 10.1. The summed E-state index contributed by atoms with van der Waals surface area (Å²) in [7, 11) is 2.09. The molecule has 1 aromatic carbocycles. The van der Waals surface area contributed by atoms with Gasteiger partial charge in [0.2, 0.25) is 0 Å². The predicted octanol–water partition coefficient (Wildman–Crippen LogP) is 2.77. The Morgan fingerprint density at radius 2 is 1.87 bits per heavy atom. The molecule has 0 aromatic heterocycles. The van der Waals surface area contributed by atoms with E-state index in [-0.39, 0.29) is 0 Å². The van der Waals surface area contributed by atoms with Crippen LogP contribution in [0.25, 0.3) is 0 Å². The topological polar surface area (TPSA) is 6.48 Å². The van der Waals surface area contributed by atoms with Crippen molar-refractivity contribution in [2.75, 3.05) is 7.05 Å². The summed E-state index contributed by atoms with van der Waals surface area (Å²) in [5.74, 6) is 0. The number of hydrogen-bond donors (Lipinski definition) is 0. The van der Waals surface area contributed by atoms with Gasteiger partial charge in [-0.15, -0.1) is 0 Å². The van der Waals surface area contributed by atoms with Gasteiger partial charge < -0.3 is 5.01 Å².